The molecule has 3 rings (SSSR count). The van der Waals surface area contributed by atoms with Crippen molar-refractivity contribution >= 4 is 40.6 Å². The Balaban J connectivity index is 1.57. The first-order chi connectivity index (χ1) is 12.4. The van der Waals surface area contributed by atoms with Gasteiger partial charge < -0.3 is 10.2 Å². The van der Waals surface area contributed by atoms with Crippen LogP contribution in [0.2, 0.25) is 0 Å². The number of hydrogen-bond donors (Lipinski definition) is 1. The van der Waals surface area contributed by atoms with Gasteiger partial charge >= 0.3 is 0 Å². The molecule has 26 heavy (non-hydrogen) atoms. The Morgan fingerprint density at radius 3 is 2.62 bits per heavy atom. The number of rotatable bonds is 5. The Morgan fingerprint density at radius 2 is 1.96 bits per heavy atom. The van der Waals surface area contributed by atoms with Crippen LogP contribution in [-0.4, -0.2) is 29.0 Å². The average molecular weight is 371 g/mol. The molecular weight excluding hydrogens is 354 g/mol. The highest BCUT2D eigenvalue weighted by molar-refractivity contribution is 8.00. The lowest BCUT2D eigenvalue weighted by Gasteiger charge is -2.15. The van der Waals surface area contributed by atoms with E-state index >= 15 is 0 Å². The van der Waals surface area contributed by atoms with Gasteiger partial charge in [0.15, 0.2) is 0 Å². The number of nitrogens with one attached hydrogen (secondary N) is 1. The maximum atomic E-state index is 12.1. The maximum Gasteiger partial charge on any atom is 0.269 e. The number of carbonyl (C=O) groups is 2. The summed E-state index contributed by atoms with van der Waals surface area (Å²) in [6.45, 7) is 2.21. The molecule has 0 aliphatic carbocycles. The van der Waals surface area contributed by atoms with E-state index in [0.29, 0.717) is 12.2 Å². The highest BCUT2D eigenvalue weighted by atomic mass is 32.2. The van der Waals surface area contributed by atoms with E-state index in [0.717, 1.165) is 22.6 Å². The number of carbonyl (C=O) groups excluding carboxylic acids is 2. The van der Waals surface area contributed by atoms with Crippen LogP contribution in [0, 0.1) is 10.1 Å². The minimum Gasteiger partial charge on any atom is -0.325 e. The summed E-state index contributed by atoms with van der Waals surface area (Å²) in [6, 6.07) is 11.6. The first-order valence-electron chi connectivity index (χ1n) is 8.02. The molecule has 2 aromatic rings. The van der Waals surface area contributed by atoms with Gasteiger partial charge in [-0.15, -0.1) is 11.8 Å². The SMILES string of the molecule is CC(=O)N1CCc2cc(NC(=O)CSc3ccc([N+](=O)[O-])cc3)ccc21. The number of nitro benzene ring substituents is 1. The number of nitro groups is 1. The van der Waals surface area contributed by atoms with Crippen molar-refractivity contribution in [2.75, 3.05) is 22.5 Å². The van der Waals surface area contributed by atoms with Crippen molar-refractivity contribution in [3.05, 3.63) is 58.1 Å². The summed E-state index contributed by atoms with van der Waals surface area (Å²) in [7, 11) is 0. The van der Waals surface area contributed by atoms with Crippen LogP contribution in [-0.2, 0) is 16.0 Å². The van der Waals surface area contributed by atoms with Gasteiger partial charge in [0.2, 0.25) is 11.8 Å². The van der Waals surface area contributed by atoms with Gasteiger partial charge in [0.25, 0.3) is 5.69 Å². The molecule has 0 aromatic heterocycles. The molecule has 2 aromatic carbocycles. The molecular formula is C18H17N3O4S. The summed E-state index contributed by atoms with van der Waals surface area (Å²) >= 11 is 1.31. The summed E-state index contributed by atoms with van der Waals surface area (Å²) in [4.78, 5) is 36.4. The zero-order valence-corrected chi connectivity index (χ0v) is 14.9. The Labute approximate surface area is 154 Å². The Morgan fingerprint density at radius 1 is 1.23 bits per heavy atom. The molecule has 8 heteroatoms. The van der Waals surface area contributed by atoms with Crippen LogP contribution in [0.4, 0.5) is 17.1 Å². The van der Waals surface area contributed by atoms with Crippen molar-refractivity contribution in [2.24, 2.45) is 0 Å². The van der Waals surface area contributed by atoms with Crippen LogP contribution in [0.25, 0.3) is 0 Å². The minimum absolute atomic E-state index is 0.0139. The van der Waals surface area contributed by atoms with E-state index in [9.17, 15) is 19.7 Å². The maximum absolute atomic E-state index is 12.1. The smallest absolute Gasteiger partial charge is 0.269 e. The molecule has 0 atom stereocenters. The second kappa shape index (κ2) is 7.57. The molecule has 0 saturated heterocycles. The molecule has 1 aliphatic rings. The molecule has 0 fully saturated rings. The monoisotopic (exact) mass is 371 g/mol. The predicted molar refractivity (Wildman–Crippen MR) is 101 cm³/mol. The zero-order chi connectivity index (χ0) is 18.7. The second-order valence-corrected chi connectivity index (χ2v) is 6.90. The number of nitrogens with zero attached hydrogens (tertiary/aromatic N) is 2. The fourth-order valence-electron chi connectivity index (χ4n) is 2.82. The van der Waals surface area contributed by atoms with E-state index in [1.54, 1.807) is 30.0 Å². The van der Waals surface area contributed by atoms with Gasteiger partial charge in [-0.1, -0.05) is 0 Å². The van der Waals surface area contributed by atoms with E-state index in [-0.39, 0.29) is 23.3 Å². The van der Waals surface area contributed by atoms with E-state index in [2.05, 4.69) is 5.32 Å². The second-order valence-electron chi connectivity index (χ2n) is 5.85. The van der Waals surface area contributed by atoms with Crippen LogP contribution in [0.3, 0.4) is 0 Å². The number of hydrogen-bond acceptors (Lipinski definition) is 5. The number of fused-ring (bicyclic) bond motifs is 1. The molecule has 1 N–H and O–H groups in total. The molecule has 1 aliphatic heterocycles. The molecule has 2 amide bonds. The number of non-ortho nitro benzene ring substituents is 1. The van der Waals surface area contributed by atoms with Crippen LogP contribution >= 0.6 is 11.8 Å². The third-order valence-corrected chi connectivity index (χ3v) is 5.07. The van der Waals surface area contributed by atoms with Crippen molar-refractivity contribution in [1.29, 1.82) is 0 Å². The number of benzene rings is 2. The normalized spacial score (nSPS) is 12.6. The summed E-state index contributed by atoms with van der Waals surface area (Å²) in [6.07, 6.45) is 0.774. The van der Waals surface area contributed by atoms with E-state index in [1.807, 2.05) is 12.1 Å². The lowest BCUT2D eigenvalue weighted by Crippen LogP contribution is -2.25. The van der Waals surface area contributed by atoms with Crippen molar-refractivity contribution < 1.29 is 14.5 Å². The van der Waals surface area contributed by atoms with Crippen molar-refractivity contribution in [1.82, 2.24) is 0 Å². The van der Waals surface area contributed by atoms with Gasteiger partial charge in [-0.05, 0) is 42.3 Å². The lowest BCUT2D eigenvalue weighted by atomic mass is 10.1. The van der Waals surface area contributed by atoms with Gasteiger partial charge in [-0.3, -0.25) is 19.7 Å². The summed E-state index contributed by atoms with van der Waals surface area (Å²) < 4.78 is 0. The van der Waals surface area contributed by atoms with E-state index in [1.165, 1.54) is 23.9 Å². The van der Waals surface area contributed by atoms with Crippen LogP contribution in [0.15, 0.2) is 47.4 Å². The molecule has 134 valence electrons. The fraction of sp³-hybridized carbons (Fsp3) is 0.222. The standard InChI is InChI=1S/C18H17N3O4S/c1-12(22)20-9-8-13-10-14(2-7-17(13)20)19-18(23)11-26-16-5-3-15(4-6-16)21(24)25/h2-7,10H,8-9,11H2,1H3,(H,19,23). The fourth-order valence-corrected chi connectivity index (χ4v) is 3.52. The van der Waals surface area contributed by atoms with E-state index in [4.69, 9.17) is 0 Å². The Bertz CT molecular complexity index is 867. The molecule has 0 radical (unpaired) electrons. The van der Waals surface area contributed by atoms with Crippen molar-refractivity contribution in [3.8, 4) is 0 Å². The topological polar surface area (TPSA) is 92.6 Å². The minimum atomic E-state index is -0.456. The van der Waals surface area contributed by atoms with Gasteiger partial charge in [-0.2, -0.15) is 0 Å². The summed E-state index contributed by atoms with van der Waals surface area (Å²) in [5, 5.41) is 13.5. The summed E-state index contributed by atoms with van der Waals surface area (Å²) in [5.41, 5.74) is 2.66. The Kier molecular flexibility index (Phi) is 5.22. The first-order valence-corrected chi connectivity index (χ1v) is 9.01. The third kappa shape index (κ3) is 4.02. The van der Waals surface area contributed by atoms with Crippen molar-refractivity contribution in [3.63, 3.8) is 0 Å². The van der Waals surface area contributed by atoms with Gasteiger partial charge in [0, 0.05) is 41.9 Å². The quantitative estimate of drug-likeness (QED) is 0.495. The number of amides is 2. The Hall–Kier alpha value is -2.87. The van der Waals surface area contributed by atoms with Crippen LogP contribution in [0.5, 0.6) is 0 Å². The molecule has 0 spiro atoms. The van der Waals surface area contributed by atoms with E-state index < -0.39 is 4.92 Å². The highest BCUT2D eigenvalue weighted by Crippen LogP contribution is 2.30. The van der Waals surface area contributed by atoms with Gasteiger partial charge in [0.05, 0.1) is 10.7 Å². The lowest BCUT2D eigenvalue weighted by molar-refractivity contribution is -0.384. The summed E-state index contributed by atoms with van der Waals surface area (Å²) in [5.74, 6) is 0.0591. The predicted octanol–water partition coefficient (Wildman–Crippen LogP) is 3.23. The highest BCUT2D eigenvalue weighted by Gasteiger charge is 2.22. The van der Waals surface area contributed by atoms with Crippen LogP contribution in [0.1, 0.15) is 12.5 Å². The number of anilines is 2. The third-order valence-electron chi connectivity index (χ3n) is 4.06. The molecule has 1 heterocycles. The van der Waals surface area contributed by atoms with Crippen molar-refractivity contribution in [2.45, 2.75) is 18.2 Å². The van der Waals surface area contributed by atoms with Crippen LogP contribution < -0.4 is 10.2 Å². The number of thioether (sulfide) groups is 1. The first kappa shape index (κ1) is 17.9. The van der Waals surface area contributed by atoms with Gasteiger partial charge in [0.1, 0.15) is 0 Å². The molecule has 0 unspecified atom stereocenters. The largest absolute Gasteiger partial charge is 0.325 e. The molecule has 0 bridgehead atoms. The molecule has 7 nitrogen and oxygen atoms in total. The van der Waals surface area contributed by atoms with Gasteiger partial charge in [-0.25, -0.2) is 0 Å². The average Bonchev–Trinajstić information content (AvgIpc) is 3.03. The zero-order valence-electron chi connectivity index (χ0n) is 14.1. The molecule has 0 saturated carbocycles.